The van der Waals surface area contributed by atoms with E-state index in [4.69, 9.17) is 4.74 Å². The number of halogens is 3. The molecule has 2 fully saturated rings. The number of hydrogen-bond acceptors (Lipinski definition) is 3. The highest BCUT2D eigenvalue weighted by Gasteiger charge is 2.49. The van der Waals surface area contributed by atoms with E-state index in [0.29, 0.717) is 17.1 Å². The van der Waals surface area contributed by atoms with Gasteiger partial charge in [-0.3, -0.25) is 4.79 Å². The molecule has 2 saturated heterocycles. The maximum atomic E-state index is 12.8. The molecule has 30 heavy (non-hydrogen) atoms. The minimum absolute atomic E-state index is 0.0171. The molecule has 1 spiro atoms. The lowest BCUT2D eigenvalue weighted by Crippen LogP contribution is -2.71. The van der Waals surface area contributed by atoms with E-state index in [0.717, 1.165) is 49.1 Å². The van der Waals surface area contributed by atoms with Gasteiger partial charge < -0.3 is 15.0 Å². The van der Waals surface area contributed by atoms with Crippen LogP contribution in [0.4, 0.5) is 13.2 Å². The van der Waals surface area contributed by atoms with Crippen molar-refractivity contribution in [3.8, 4) is 11.5 Å². The van der Waals surface area contributed by atoms with Gasteiger partial charge in [-0.25, -0.2) is 0 Å². The molecule has 7 heteroatoms. The third-order valence-electron chi connectivity index (χ3n) is 5.84. The first-order valence-electron chi connectivity index (χ1n) is 9.71. The van der Waals surface area contributed by atoms with Gasteiger partial charge in [-0.1, -0.05) is 12.1 Å². The van der Waals surface area contributed by atoms with Gasteiger partial charge in [0.1, 0.15) is 11.5 Å². The van der Waals surface area contributed by atoms with Gasteiger partial charge in [0.05, 0.1) is 5.56 Å². The van der Waals surface area contributed by atoms with E-state index < -0.39 is 11.7 Å². The van der Waals surface area contributed by atoms with E-state index in [-0.39, 0.29) is 11.3 Å². The van der Waals surface area contributed by atoms with Crippen LogP contribution in [0.5, 0.6) is 11.5 Å². The molecule has 2 aliphatic heterocycles. The Labute approximate surface area is 171 Å². The zero-order valence-corrected chi connectivity index (χ0v) is 16.0. The quantitative estimate of drug-likeness (QED) is 0.678. The lowest BCUT2D eigenvalue weighted by Gasteiger charge is -2.56. The van der Waals surface area contributed by atoms with Crippen LogP contribution in [0.3, 0.4) is 0 Å². The zero-order chi connectivity index (χ0) is 20.9. The minimum Gasteiger partial charge on any atom is -0.457 e. The molecule has 0 aromatic heterocycles. The molecule has 154 valence electrons. The maximum Gasteiger partial charge on any atom is 0.416 e. The summed E-state index contributed by atoms with van der Waals surface area (Å²) in [5.74, 6) is 0.855. The summed E-state index contributed by atoms with van der Waals surface area (Å²) in [5, 5.41) is 4.88. The van der Waals surface area contributed by atoms with Crippen molar-refractivity contribution in [2.75, 3.05) is 26.2 Å². The van der Waals surface area contributed by atoms with Crippen molar-refractivity contribution >= 4 is 16.7 Å². The molecule has 2 aliphatic rings. The monoisotopic (exact) mass is 412 g/mol. The van der Waals surface area contributed by atoms with E-state index >= 15 is 0 Å². The maximum absolute atomic E-state index is 12.8. The largest absolute Gasteiger partial charge is 0.457 e. The Balaban J connectivity index is 1.36. The fourth-order valence-corrected chi connectivity index (χ4v) is 4.11. The van der Waals surface area contributed by atoms with Crippen molar-refractivity contribution in [1.29, 1.82) is 0 Å². The summed E-state index contributed by atoms with van der Waals surface area (Å²) < 4.78 is 44.0. The van der Waals surface area contributed by atoms with Gasteiger partial charge in [0, 0.05) is 42.5 Å². The summed E-state index contributed by atoms with van der Waals surface area (Å²) in [6, 6.07) is 15.5. The summed E-state index contributed by atoms with van der Waals surface area (Å²) >= 11 is 0. The van der Waals surface area contributed by atoms with Gasteiger partial charge in [-0.2, -0.15) is 13.2 Å². The number of amides is 1. The Morgan fingerprint density at radius 2 is 1.73 bits per heavy atom. The lowest BCUT2D eigenvalue weighted by molar-refractivity contribution is -0.137. The summed E-state index contributed by atoms with van der Waals surface area (Å²) in [7, 11) is 0. The van der Waals surface area contributed by atoms with Crippen LogP contribution in [0.25, 0.3) is 10.8 Å². The van der Waals surface area contributed by atoms with Crippen molar-refractivity contribution in [2.45, 2.75) is 6.18 Å². The van der Waals surface area contributed by atoms with E-state index in [2.05, 4.69) is 5.32 Å². The lowest BCUT2D eigenvalue weighted by atomic mass is 9.74. The zero-order valence-electron chi connectivity index (χ0n) is 16.0. The number of carbonyl (C=O) groups excluding carboxylic acids is 1. The Kier molecular flexibility index (Phi) is 4.25. The highest BCUT2D eigenvalue weighted by atomic mass is 19.4. The minimum atomic E-state index is -4.38. The third-order valence-corrected chi connectivity index (χ3v) is 5.84. The van der Waals surface area contributed by atoms with Crippen LogP contribution in [-0.2, 0) is 6.18 Å². The van der Waals surface area contributed by atoms with Gasteiger partial charge in [0.25, 0.3) is 5.91 Å². The molecule has 0 bridgehead atoms. The number of nitrogens with zero attached hydrogens (tertiary/aromatic N) is 1. The molecule has 0 radical (unpaired) electrons. The second-order valence-electron chi connectivity index (χ2n) is 8.08. The summed E-state index contributed by atoms with van der Waals surface area (Å²) in [6.07, 6.45) is -4.38. The SMILES string of the molecule is O=C(c1ccc2c(Oc3ccc(C(F)(F)F)cc3)cccc2c1)N1CC2(CNC2)C1. The van der Waals surface area contributed by atoms with Crippen LogP contribution in [0, 0.1) is 5.41 Å². The number of alkyl halides is 3. The first-order valence-corrected chi connectivity index (χ1v) is 9.71. The molecule has 2 heterocycles. The van der Waals surface area contributed by atoms with Crippen molar-refractivity contribution in [1.82, 2.24) is 10.2 Å². The van der Waals surface area contributed by atoms with Crippen LogP contribution in [-0.4, -0.2) is 37.0 Å². The molecular formula is C23H19F3N2O2. The first-order chi connectivity index (χ1) is 14.3. The van der Waals surface area contributed by atoms with Gasteiger partial charge in [0.15, 0.2) is 0 Å². The van der Waals surface area contributed by atoms with E-state index in [1.165, 1.54) is 12.1 Å². The number of hydrogen-bond donors (Lipinski definition) is 1. The van der Waals surface area contributed by atoms with Crippen molar-refractivity contribution < 1.29 is 22.7 Å². The topological polar surface area (TPSA) is 41.6 Å². The van der Waals surface area contributed by atoms with Crippen LogP contribution < -0.4 is 10.1 Å². The normalized spacial score (nSPS) is 17.5. The number of benzene rings is 3. The molecule has 5 rings (SSSR count). The van der Waals surface area contributed by atoms with Gasteiger partial charge in [-0.15, -0.1) is 0 Å². The second kappa shape index (κ2) is 6.74. The molecule has 3 aromatic carbocycles. The second-order valence-corrected chi connectivity index (χ2v) is 8.08. The summed E-state index contributed by atoms with van der Waals surface area (Å²) in [6.45, 7) is 3.51. The first kappa shape index (κ1) is 18.9. The number of fused-ring (bicyclic) bond motifs is 1. The molecule has 1 amide bonds. The number of nitrogens with one attached hydrogen (secondary N) is 1. The number of carbonyl (C=O) groups is 1. The molecule has 4 nitrogen and oxygen atoms in total. The molecule has 3 aromatic rings. The molecular weight excluding hydrogens is 393 g/mol. The number of likely N-dealkylation sites (tertiary alicyclic amines) is 1. The smallest absolute Gasteiger partial charge is 0.416 e. The highest BCUT2D eigenvalue weighted by Crippen LogP contribution is 2.36. The Morgan fingerprint density at radius 1 is 1.00 bits per heavy atom. The molecule has 0 aliphatic carbocycles. The van der Waals surface area contributed by atoms with E-state index in [1.807, 2.05) is 23.1 Å². The average molecular weight is 412 g/mol. The molecule has 0 saturated carbocycles. The summed E-state index contributed by atoms with van der Waals surface area (Å²) in [4.78, 5) is 14.6. The highest BCUT2D eigenvalue weighted by molar-refractivity contribution is 6.00. The Hall–Kier alpha value is -3.06. The third kappa shape index (κ3) is 3.29. The van der Waals surface area contributed by atoms with Crippen molar-refractivity contribution in [3.63, 3.8) is 0 Å². The fourth-order valence-electron chi connectivity index (χ4n) is 4.11. The van der Waals surface area contributed by atoms with Crippen LogP contribution in [0.2, 0.25) is 0 Å². The van der Waals surface area contributed by atoms with Crippen LogP contribution in [0.1, 0.15) is 15.9 Å². The van der Waals surface area contributed by atoms with Crippen molar-refractivity contribution in [3.05, 3.63) is 71.8 Å². The standard InChI is InChI=1S/C23H19F3N2O2/c24-23(25,26)17-5-7-18(8-6-17)30-20-3-1-2-15-10-16(4-9-19(15)20)21(29)28-13-22(14-28)11-27-12-22/h1-10,27H,11-14H2. The van der Waals surface area contributed by atoms with E-state index in [1.54, 1.807) is 18.2 Å². The molecule has 0 atom stereocenters. The number of ether oxygens (including phenoxy) is 1. The van der Waals surface area contributed by atoms with Crippen LogP contribution >= 0.6 is 0 Å². The Morgan fingerprint density at radius 3 is 2.37 bits per heavy atom. The predicted molar refractivity (Wildman–Crippen MR) is 107 cm³/mol. The van der Waals surface area contributed by atoms with Crippen LogP contribution in [0.15, 0.2) is 60.7 Å². The van der Waals surface area contributed by atoms with Gasteiger partial charge >= 0.3 is 6.18 Å². The summed E-state index contributed by atoms with van der Waals surface area (Å²) in [5.41, 5.74) is 0.174. The van der Waals surface area contributed by atoms with E-state index in [9.17, 15) is 18.0 Å². The van der Waals surface area contributed by atoms with Gasteiger partial charge in [0.2, 0.25) is 0 Å². The average Bonchev–Trinajstić information content (AvgIpc) is 2.65. The molecule has 1 N–H and O–H groups in total. The predicted octanol–water partition coefficient (Wildman–Crippen LogP) is 4.70. The van der Waals surface area contributed by atoms with Gasteiger partial charge in [-0.05, 0) is 53.9 Å². The fraction of sp³-hybridized carbons (Fsp3) is 0.261. The Bertz CT molecular complexity index is 1110. The number of rotatable bonds is 3. The molecule has 0 unspecified atom stereocenters. The van der Waals surface area contributed by atoms with Crippen molar-refractivity contribution in [2.24, 2.45) is 5.41 Å².